The van der Waals surface area contributed by atoms with Crippen molar-refractivity contribution in [3.8, 4) is 11.1 Å². The summed E-state index contributed by atoms with van der Waals surface area (Å²) in [5.41, 5.74) is 2.35. The van der Waals surface area contributed by atoms with Gasteiger partial charge in [-0.2, -0.15) is 5.10 Å². The van der Waals surface area contributed by atoms with Crippen LogP contribution in [0.1, 0.15) is 21.1 Å². The lowest BCUT2D eigenvalue weighted by Crippen LogP contribution is -2.16. The minimum Gasteiger partial charge on any atom is -0.328 e. The van der Waals surface area contributed by atoms with Gasteiger partial charge in [0.2, 0.25) is 0 Å². The highest BCUT2D eigenvalue weighted by molar-refractivity contribution is 7.90. The van der Waals surface area contributed by atoms with Crippen molar-refractivity contribution in [3.05, 3.63) is 92.9 Å². The smallest absolute Gasteiger partial charge is 0.275 e. The van der Waals surface area contributed by atoms with E-state index in [0.29, 0.717) is 33.4 Å². The number of fused-ring (bicyclic) bond motifs is 1. The van der Waals surface area contributed by atoms with Crippen LogP contribution in [0.4, 0.5) is 5.69 Å². The van der Waals surface area contributed by atoms with Crippen LogP contribution in [0, 0.1) is 6.92 Å². The maximum Gasteiger partial charge on any atom is 0.275 e. The summed E-state index contributed by atoms with van der Waals surface area (Å²) in [5, 5.41) is 13.0. The van der Waals surface area contributed by atoms with Crippen molar-refractivity contribution in [3.63, 3.8) is 0 Å². The summed E-state index contributed by atoms with van der Waals surface area (Å²) >= 11 is 1.38. The van der Waals surface area contributed by atoms with Crippen molar-refractivity contribution in [2.75, 3.05) is 5.32 Å². The molecule has 0 unspecified atom stereocenters. The van der Waals surface area contributed by atoms with E-state index in [2.05, 4.69) is 25.5 Å². The highest BCUT2D eigenvalue weighted by atomic mass is 32.2. The average Bonchev–Trinajstić information content (AvgIpc) is 3.50. The number of hydrogen-bond donors (Lipinski definition) is 3. The van der Waals surface area contributed by atoms with Gasteiger partial charge in [-0.05, 0) is 48.4 Å². The number of aromatic nitrogens is 4. The minimum atomic E-state index is -3.71. The second kappa shape index (κ2) is 8.93. The molecule has 0 saturated carbocycles. The van der Waals surface area contributed by atoms with Crippen LogP contribution in [-0.2, 0) is 15.6 Å². The van der Waals surface area contributed by atoms with Crippen molar-refractivity contribution in [1.82, 2.24) is 20.2 Å². The van der Waals surface area contributed by atoms with Gasteiger partial charge in [-0.15, -0.1) is 11.3 Å². The second-order valence-corrected chi connectivity index (χ2v) is 10.9. The zero-order valence-corrected chi connectivity index (χ0v) is 20.0. The molecule has 0 radical (unpaired) electrons. The van der Waals surface area contributed by atoms with Crippen LogP contribution < -0.4 is 10.9 Å². The van der Waals surface area contributed by atoms with E-state index in [1.807, 2.05) is 13.0 Å². The first-order valence-electron chi connectivity index (χ1n) is 10.5. The number of sulfone groups is 1. The summed E-state index contributed by atoms with van der Waals surface area (Å²) in [6.07, 6.45) is 3.11. The third-order valence-corrected chi connectivity index (χ3v) is 7.87. The van der Waals surface area contributed by atoms with Crippen LogP contribution in [0.5, 0.6) is 0 Å². The van der Waals surface area contributed by atoms with E-state index in [1.165, 1.54) is 29.7 Å². The number of H-pyrrole nitrogens is 2. The fourth-order valence-corrected chi connectivity index (χ4v) is 5.65. The van der Waals surface area contributed by atoms with Crippen LogP contribution in [0.15, 0.2) is 76.0 Å². The van der Waals surface area contributed by atoms with Crippen molar-refractivity contribution < 1.29 is 13.2 Å². The molecule has 35 heavy (non-hydrogen) atoms. The van der Waals surface area contributed by atoms with E-state index in [4.69, 9.17) is 0 Å². The predicted octanol–water partition coefficient (Wildman–Crippen LogP) is 3.91. The predicted molar refractivity (Wildman–Crippen MR) is 134 cm³/mol. The fourth-order valence-electron chi connectivity index (χ4n) is 3.70. The monoisotopic (exact) mass is 505 g/mol. The lowest BCUT2D eigenvalue weighted by Gasteiger charge is -2.10. The third-order valence-electron chi connectivity index (χ3n) is 5.42. The molecule has 0 aliphatic rings. The Balaban J connectivity index is 1.52. The molecule has 0 aliphatic carbocycles. The number of thiazole rings is 1. The maximum absolute atomic E-state index is 12.8. The van der Waals surface area contributed by atoms with E-state index >= 15 is 0 Å². The molecular weight excluding hydrogens is 486 g/mol. The minimum absolute atomic E-state index is 0.111. The number of carbonyl (C=O) groups is 1. The zero-order valence-electron chi connectivity index (χ0n) is 18.4. The fraction of sp³-hybridized carbons (Fsp3) is 0.0833. The van der Waals surface area contributed by atoms with Crippen molar-refractivity contribution >= 4 is 43.7 Å². The first-order valence-corrected chi connectivity index (χ1v) is 13.0. The Bertz CT molecular complexity index is 1720. The molecule has 3 N–H and O–H groups in total. The molecule has 11 heteroatoms. The van der Waals surface area contributed by atoms with Crippen molar-refractivity contribution in [2.45, 2.75) is 17.6 Å². The standard InChI is InChI=1S/C24H19N5O4S2/c1-14-27-22(12-34-14)24(31)28-20-8-15(9-21-19(20)11-26-29-21)16-7-17(23(30)25-10-16)13-35(32,33)18-5-3-2-4-6-18/h2-12H,13H2,1H3,(H,25,30)(H,26,29)(H,28,31). The van der Waals surface area contributed by atoms with Crippen molar-refractivity contribution in [2.24, 2.45) is 0 Å². The quantitative estimate of drug-likeness (QED) is 0.320. The molecule has 3 heterocycles. The number of aryl methyl sites for hydroxylation is 1. The largest absolute Gasteiger partial charge is 0.328 e. The Morgan fingerprint density at radius 2 is 1.91 bits per heavy atom. The average molecular weight is 506 g/mol. The van der Waals surface area contributed by atoms with Crippen molar-refractivity contribution in [1.29, 1.82) is 0 Å². The number of carbonyl (C=O) groups excluding carboxylic acids is 1. The number of aromatic amines is 2. The van der Waals surface area contributed by atoms with Gasteiger partial charge in [0, 0.05) is 22.5 Å². The number of amides is 1. The van der Waals surface area contributed by atoms with Crippen LogP contribution in [0.3, 0.4) is 0 Å². The molecule has 2 aromatic carbocycles. The summed E-state index contributed by atoms with van der Waals surface area (Å²) in [6, 6.07) is 13.1. The number of rotatable bonds is 6. The summed E-state index contributed by atoms with van der Waals surface area (Å²) in [5.74, 6) is -0.802. The second-order valence-electron chi connectivity index (χ2n) is 7.88. The molecule has 5 aromatic rings. The molecule has 0 aliphatic heterocycles. The SMILES string of the molecule is Cc1nc(C(=O)Nc2cc(-c3c[nH]c(=O)c(CS(=O)(=O)c4ccccc4)c3)cc3[nH]ncc23)cs1. The van der Waals surface area contributed by atoms with E-state index in [0.717, 1.165) is 5.01 Å². The van der Waals surface area contributed by atoms with Gasteiger partial charge in [-0.25, -0.2) is 13.4 Å². The highest BCUT2D eigenvalue weighted by Gasteiger charge is 2.19. The van der Waals surface area contributed by atoms with Gasteiger partial charge in [0.15, 0.2) is 9.84 Å². The lowest BCUT2D eigenvalue weighted by molar-refractivity contribution is 0.102. The zero-order chi connectivity index (χ0) is 24.6. The number of hydrogen-bond acceptors (Lipinski definition) is 7. The molecule has 0 spiro atoms. The molecule has 0 bridgehead atoms. The van der Waals surface area contributed by atoms with Crippen LogP contribution in [0.2, 0.25) is 0 Å². The molecule has 0 saturated heterocycles. The Morgan fingerprint density at radius 3 is 2.66 bits per heavy atom. The normalized spacial score (nSPS) is 11.6. The molecule has 0 fully saturated rings. The van der Waals surface area contributed by atoms with E-state index in [1.54, 1.807) is 41.9 Å². The molecule has 9 nitrogen and oxygen atoms in total. The first-order chi connectivity index (χ1) is 16.8. The summed E-state index contributed by atoms with van der Waals surface area (Å²) in [4.78, 5) is 32.2. The van der Waals surface area contributed by atoms with E-state index < -0.39 is 21.1 Å². The van der Waals surface area contributed by atoms with Gasteiger partial charge in [0.1, 0.15) is 5.69 Å². The van der Waals surface area contributed by atoms with Crippen LogP contribution in [0.25, 0.3) is 22.0 Å². The van der Waals surface area contributed by atoms with Gasteiger partial charge >= 0.3 is 0 Å². The first kappa shape index (κ1) is 22.7. The maximum atomic E-state index is 12.8. The third kappa shape index (κ3) is 4.63. The molecular formula is C24H19N5O4S2. The van der Waals surface area contributed by atoms with E-state index in [-0.39, 0.29) is 16.4 Å². The topological polar surface area (TPSA) is 138 Å². The van der Waals surface area contributed by atoms with Crippen LogP contribution >= 0.6 is 11.3 Å². The number of pyridine rings is 1. The Kier molecular flexibility index (Phi) is 5.79. The summed E-state index contributed by atoms with van der Waals surface area (Å²) in [7, 11) is -3.71. The van der Waals surface area contributed by atoms with E-state index in [9.17, 15) is 18.0 Å². The van der Waals surface area contributed by atoms with Gasteiger partial charge in [-0.1, -0.05) is 18.2 Å². The molecule has 1 amide bonds. The Labute approximate surface area is 203 Å². The Morgan fingerprint density at radius 1 is 1.11 bits per heavy atom. The molecule has 176 valence electrons. The van der Waals surface area contributed by atoms with Gasteiger partial charge in [-0.3, -0.25) is 14.7 Å². The molecule has 5 rings (SSSR count). The number of benzene rings is 2. The molecule has 3 aromatic heterocycles. The highest BCUT2D eigenvalue weighted by Crippen LogP contribution is 2.30. The number of nitrogens with one attached hydrogen (secondary N) is 3. The van der Waals surface area contributed by atoms with Gasteiger partial charge < -0.3 is 10.3 Å². The number of nitrogens with zero attached hydrogens (tertiary/aromatic N) is 2. The Hall–Kier alpha value is -4.09. The number of anilines is 1. The van der Waals surface area contributed by atoms with Gasteiger partial charge in [0.05, 0.1) is 33.1 Å². The summed E-state index contributed by atoms with van der Waals surface area (Å²) < 4.78 is 25.7. The lowest BCUT2D eigenvalue weighted by atomic mass is 10.0. The van der Waals surface area contributed by atoms with Gasteiger partial charge in [0.25, 0.3) is 11.5 Å². The summed E-state index contributed by atoms with van der Waals surface area (Å²) in [6.45, 7) is 1.82. The van der Waals surface area contributed by atoms with Crippen LogP contribution in [-0.4, -0.2) is 34.5 Å². The molecule has 0 atom stereocenters.